The quantitative estimate of drug-likeness (QED) is 0.507. The Morgan fingerprint density at radius 3 is 2.65 bits per heavy atom. The Kier molecular flexibility index (Phi) is 4.78. The number of urea groups is 1. The van der Waals surface area contributed by atoms with Crippen LogP contribution >= 0.6 is 0 Å². The van der Waals surface area contributed by atoms with Gasteiger partial charge in [0.1, 0.15) is 17.5 Å². The first-order valence-corrected chi connectivity index (χ1v) is 9.89. The molecule has 0 spiro atoms. The van der Waals surface area contributed by atoms with E-state index in [-0.39, 0.29) is 17.4 Å². The summed E-state index contributed by atoms with van der Waals surface area (Å²) in [4.78, 5) is 29.7. The van der Waals surface area contributed by atoms with Crippen LogP contribution in [-0.2, 0) is 0 Å². The third kappa shape index (κ3) is 3.81. The Bertz CT molecular complexity index is 1280. The number of nitrogens with one attached hydrogen (secondary N) is 2. The molecule has 4 aromatic rings. The van der Waals surface area contributed by atoms with E-state index in [4.69, 9.17) is 0 Å². The summed E-state index contributed by atoms with van der Waals surface area (Å²) in [6.45, 7) is 1.44. The van der Waals surface area contributed by atoms with Gasteiger partial charge in [-0.05, 0) is 43.2 Å². The van der Waals surface area contributed by atoms with Gasteiger partial charge in [0.2, 0.25) is 0 Å². The van der Waals surface area contributed by atoms with Crippen LogP contribution in [0.15, 0.2) is 48.9 Å². The minimum Gasteiger partial charge on any atom is -0.336 e. The van der Waals surface area contributed by atoms with Crippen LogP contribution < -0.4 is 5.32 Å². The molecule has 0 bridgehead atoms. The molecule has 0 saturated carbocycles. The van der Waals surface area contributed by atoms with Crippen molar-refractivity contribution in [1.82, 2.24) is 24.8 Å². The molecule has 0 unspecified atom stereocenters. The van der Waals surface area contributed by atoms with Crippen molar-refractivity contribution < 1.29 is 13.6 Å². The average Bonchev–Trinajstić information content (AvgIpc) is 3.44. The molecule has 1 aliphatic rings. The molecule has 1 aliphatic heterocycles. The summed E-state index contributed by atoms with van der Waals surface area (Å²) in [5, 5.41) is 2.81. The monoisotopic (exact) mass is 420 g/mol. The maximum Gasteiger partial charge on any atom is 0.321 e. The van der Waals surface area contributed by atoms with E-state index in [0.717, 1.165) is 32.1 Å². The van der Waals surface area contributed by atoms with Crippen LogP contribution in [0, 0.1) is 11.6 Å². The molecule has 1 saturated heterocycles. The number of carbonyl (C=O) groups is 1. The molecule has 1 fully saturated rings. The van der Waals surface area contributed by atoms with E-state index >= 15 is 0 Å². The van der Waals surface area contributed by atoms with E-state index in [9.17, 15) is 13.6 Å². The number of hydrogen-bond acceptors (Lipinski definition) is 4. The highest BCUT2D eigenvalue weighted by atomic mass is 19.1. The number of aromatic amines is 1. The highest BCUT2D eigenvalue weighted by Gasteiger charge is 2.19. The van der Waals surface area contributed by atoms with Gasteiger partial charge in [-0.1, -0.05) is 0 Å². The van der Waals surface area contributed by atoms with Crippen molar-refractivity contribution in [3.05, 3.63) is 60.6 Å². The Morgan fingerprint density at radius 1 is 1.03 bits per heavy atom. The van der Waals surface area contributed by atoms with Crippen molar-refractivity contribution in [2.24, 2.45) is 0 Å². The van der Waals surface area contributed by atoms with Gasteiger partial charge in [-0.3, -0.25) is 4.98 Å². The largest absolute Gasteiger partial charge is 0.336 e. The summed E-state index contributed by atoms with van der Waals surface area (Å²) in [5.74, 6) is -0.641. The van der Waals surface area contributed by atoms with Crippen LogP contribution in [0.5, 0.6) is 0 Å². The molecule has 7 nitrogen and oxygen atoms in total. The number of anilines is 1. The van der Waals surface area contributed by atoms with Gasteiger partial charge in [0.25, 0.3) is 0 Å². The van der Waals surface area contributed by atoms with Crippen LogP contribution in [0.1, 0.15) is 12.8 Å². The number of amides is 2. The molecule has 0 atom stereocenters. The number of rotatable bonds is 3. The first-order chi connectivity index (χ1) is 15.1. The number of aromatic nitrogens is 4. The number of likely N-dealkylation sites (tertiary alicyclic amines) is 1. The van der Waals surface area contributed by atoms with Gasteiger partial charge in [0, 0.05) is 42.3 Å². The van der Waals surface area contributed by atoms with E-state index < -0.39 is 11.6 Å². The van der Waals surface area contributed by atoms with Crippen molar-refractivity contribution >= 4 is 22.9 Å². The van der Waals surface area contributed by atoms with Gasteiger partial charge < -0.3 is 15.2 Å². The van der Waals surface area contributed by atoms with Crippen LogP contribution in [0.2, 0.25) is 0 Å². The van der Waals surface area contributed by atoms with Crippen molar-refractivity contribution in [3.63, 3.8) is 0 Å². The van der Waals surface area contributed by atoms with Crippen molar-refractivity contribution in [1.29, 1.82) is 0 Å². The lowest BCUT2D eigenvalue weighted by Gasteiger charge is -2.16. The second-order valence-electron chi connectivity index (χ2n) is 7.39. The first kappa shape index (κ1) is 19.1. The summed E-state index contributed by atoms with van der Waals surface area (Å²) in [6, 6.07) is 7.26. The molecule has 3 aromatic heterocycles. The second kappa shape index (κ2) is 7.75. The molecule has 9 heteroatoms. The fourth-order valence-corrected chi connectivity index (χ4v) is 3.66. The van der Waals surface area contributed by atoms with E-state index in [0.29, 0.717) is 28.0 Å². The minimum atomic E-state index is -0.479. The maximum atomic E-state index is 14.6. The lowest BCUT2D eigenvalue weighted by molar-refractivity contribution is 0.222. The second-order valence-corrected chi connectivity index (χ2v) is 7.39. The molecule has 156 valence electrons. The van der Waals surface area contributed by atoms with E-state index in [2.05, 4.69) is 25.3 Å². The summed E-state index contributed by atoms with van der Waals surface area (Å²) < 4.78 is 28.0. The predicted molar refractivity (Wildman–Crippen MR) is 112 cm³/mol. The fourth-order valence-electron chi connectivity index (χ4n) is 3.66. The molecular weight excluding hydrogens is 402 g/mol. The molecule has 31 heavy (non-hydrogen) atoms. The third-order valence-corrected chi connectivity index (χ3v) is 5.24. The fraction of sp³-hybridized carbons (Fsp3) is 0.182. The Hall–Kier alpha value is -3.88. The van der Waals surface area contributed by atoms with Crippen molar-refractivity contribution in [2.45, 2.75) is 12.8 Å². The molecule has 0 radical (unpaired) electrons. The van der Waals surface area contributed by atoms with Gasteiger partial charge >= 0.3 is 6.03 Å². The number of imidazole rings is 1. The van der Waals surface area contributed by atoms with E-state index in [1.165, 1.54) is 24.4 Å². The molecule has 1 aromatic carbocycles. The molecule has 4 heterocycles. The Morgan fingerprint density at radius 2 is 1.84 bits per heavy atom. The van der Waals surface area contributed by atoms with Crippen molar-refractivity contribution in [3.8, 4) is 22.5 Å². The first-order valence-electron chi connectivity index (χ1n) is 9.89. The van der Waals surface area contributed by atoms with E-state index in [1.54, 1.807) is 23.2 Å². The van der Waals surface area contributed by atoms with Gasteiger partial charge in [0.15, 0.2) is 5.65 Å². The predicted octanol–water partition coefficient (Wildman–Crippen LogP) is 4.59. The number of benzene rings is 1. The zero-order valence-electron chi connectivity index (χ0n) is 16.4. The third-order valence-electron chi connectivity index (χ3n) is 5.24. The SMILES string of the molecule is O=C(Nc1ccc(F)c(-c2nc3ncc(-c4cncc(F)c4)cc3[nH]2)c1)N1CCCC1. The normalized spacial score (nSPS) is 13.7. The minimum absolute atomic E-state index is 0.199. The van der Waals surface area contributed by atoms with E-state index in [1.807, 2.05) is 0 Å². The zero-order chi connectivity index (χ0) is 21.4. The number of carbonyl (C=O) groups excluding carboxylic acids is 1. The molecule has 5 rings (SSSR count). The Labute approximate surface area is 176 Å². The summed E-state index contributed by atoms with van der Waals surface area (Å²) >= 11 is 0. The van der Waals surface area contributed by atoms with Gasteiger partial charge in [-0.2, -0.15) is 0 Å². The number of fused-ring (bicyclic) bond motifs is 1. The number of halogens is 2. The lowest BCUT2D eigenvalue weighted by atomic mass is 10.1. The number of nitrogens with zero attached hydrogens (tertiary/aromatic N) is 4. The van der Waals surface area contributed by atoms with Crippen LogP contribution in [0.4, 0.5) is 19.3 Å². The molecule has 2 amide bonds. The molecular formula is C22H18F2N6O. The number of hydrogen-bond donors (Lipinski definition) is 2. The number of H-pyrrole nitrogens is 1. The Balaban J connectivity index is 1.46. The molecule has 2 N–H and O–H groups in total. The van der Waals surface area contributed by atoms with Gasteiger partial charge in [0.05, 0.1) is 17.3 Å². The maximum absolute atomic E-state index is 14.6. The smallest absolute Gasteiger partial charge is 0.321 e. The van der Waals surface area contributed by atoms with Gasteiger partial charge in [-0.25, -0.2) is 23.5 Å². The molecule has 0 aliphatic carbocycles. The zero-order valence-corrected chi connectivity index (χ0v) is 16.4. The van der Waals surface area contributed by atoms with Crippen LogP contribution in [-0.4, -0.2) is 44.0 Å². The summed E-state index contributed by atoms with van der Waals surface area (Å²) in [5.41, 5.74) is 2.89. The summed E-state index contributed by atoms with van der Waals surface area (Å²) in [7, 11) is 0. The summed E-state index contributed by atoms with van der Waals surface area (Å²) in [6.07, 6.45) is 6.20. The number of pyridine rings is 2. The lowest BCUT2D eigenvalue weighted by Crippen LogP contribution is -2.32. The van der Waals surface area contributed by atoms with Crippen molar-refractivity contribution in [2.75, 3.05) is 18.4 Å². The standard InChI is InChI=1S/C22H18F2N6O/c23-15-7-13(10-25-12-15)14-8-19-21(26-11-14)29-20(28-19)17-9-16(3-4-18(17)24)27-22(31)30-5-1-2-6-30/h3-4,7-12H,1-2,5-6H2,(H,27,31)(H,26,28,29). The highest BCUT2D eigenvalue weighted by molar-refractivity contribution is 5.90. The highest BCUT2D eigenvalue weighted by Crippen LogP contribution is 2.28. The van der Waals surface area contributed by atoms with Gasteiger partial charge in [-0.15, -0.1) is 0 Å². The van der Waals surface area contributed by atoms with Crippen LogP contribution in [0.25, 0.3) is 33.7 Å². The topological polar surface area (TPSA) is 86.8 Å². The average molecular weight is 420 g/mol. The van der Waals surface area contributed by atoms with Crippen LogP contribution in [0.3, 0.4) is 0 Å².